The second-order valence-electron chi connectivity index (χ2n) is 7.91. The molecule has 0 aliphatic carbocycles. The van der Waals surface area contributed by atoms with Crippen LogP contribution in [0.1, 0.15) is 49.1 Å². The largest absolute Gasteiger partial charge is 0.346 e. The van der Waals surface area contributed by atoms with Gasteiger partial charge < -0.3 is 10.2 Å². The van der Waals surface area contributed by atoms with Crippen LogP contribution in [-0.4, -0.2) is 43.7 Å². The summed E-state index contributed by atoms with van der Waals surface area (Å²) in [6, 6.07) is 1.26. The molecule has 0 saturated carbocycles. The average Bonchev–Trinajstić information content (AvgIpc) is 3.18. The molecule has 3 aromatic rings. The molecule has 32 heavy (non-hydrogen) atoms. The Morgan fingerprint density at radius 3 is 2.62 bits per heavy atom. The molecule has 0 spiro atoms. The van der Waals surface area contributed by atoms with Crippen molar-refractivity contribution in [1.82, 2.24) is 24.7 Å². The van der Waals surface area contributed by atoms with Crippen LogP contribution in [0, 0.1) is 19.7 Å². The van der Waals surface area contributed by atoms with Gasteiger partial charge in [-0.3, -0.25) is 14.5 Å². The van der Waals surface area contributed by atoms with E-state index in [-0.39, 0.29) is 25.2 Å². The molecule has 0 unspecified atom stereocenters. The zero-order chi connectivity index (χ0) is 22.1. The van der Waals surface area contributed by atoms with E-state index >= 15 is 0 Å². The van der Waals surface area contributed by atoms with Crippen LogP contribution in [0.3, 0.4) is 0 Å². The summed E-state index contributed by atoms with van der Waals surface area (Å²) in [4.78, 5) is 27.6. The molecular formula is C23H30FN7O. The Labute approximate surface area is 187 Å². The van der Waals surface area contributed by atoms with E-state index in [9.17, 15) is 9.18 Å². The van der Waals surface area contributed by atoms with Crippen molar-refractivity contribution in [1.29, 1.82) is 0 Å². The maximum absolute atomic E-state index is 13.7. The summed E-state index contributed by atoms with van der Waals surface area (Å²) in [6.07, 6.45) is 7.51. The third-order valence-electron chi connectivity index (χ3n) is 5.61. The highest BCUT2D eigenvalue weighted by Crippen LogP contribution is 2.32. The maximum Gasteiger partial charge on any atom is 0.247 e. The van der Waals surface area contributed by atoms with E-state index in [1.807, 2.05) is 38.2 Å². The number of aromatic nitrogens is 5. The van der Waals surface area contributed by atoms with Crippen LogP contribution >= 0.6 is 0 Å². The van der Waals surface area contributed by atoms with Gasteiger partial charge in [0.25, 0.3) is 0 Å². The SMILES string of the molecule is C.CC[C@H]1C(=O)Nc2c(C)nc(CCc3cnn(Cc4cnc(C)c(F)c4)c3)nc2N1C. The van der Waals surface area contributed by atoms with Gasteiger partial charge in [0.2, 0.25) is 5.91 Å². The van der Waals surface area contributed by atoms with Crippen LogP contribution in [0.2, 0.25) is 0 Å². The first-order chi connectivity index (χ1) is 14.9. The van der Waals surface area contributed by atoms with E-state index < -0.39 is 0 Å². The molecule has 170 valence electrons. The highest BCUT2D eigenvalue weighted by molar-refractivity contribution is 6.03. The van der Waals surface area contributed by atoms with E-state index in [1.165, 1.54) is 6.07 Å². The summed E-state index contributed by atoms with van der Waals surface area (Å²) in [7, 11) is 1.90. The molecule has 1 aliphatic rings. The van der Waals surface area contributed by atoms with Crippen molar-refractivity contribution in [3.8, 4) is 0 Å². The Bertz CT molecular complexity index is 1130. The van der Waals surface area contributed by atoms with Crippen molar-refractivity contribution in [2.75, 3.05) is 17.3 Å². The Morgan fingerprint density at radius 1 is 1.12 bits per heavy atom. The number of anilines is 2. The first kappa shape index (κ1) is 23.3. The number of likely N-dealkylation sites (N-methyl/N-ethyl adjacent to an activating group) is 1. The fourth-order valence-electron chi connectivity index (χ4n) is 3.81. The molecule has 1 N–H and O–H groups in total. The molecule has 0 radical (unpaired) electrons. The van der Waals surface area contributed by atoms with E-state index in [1.54, 1.807) is 17.8 Å². The topological polar surface area (TPSA) is 88.8 Å². The highest BCUT2D eigenvalue weighted by Gasteiger charge is 2.32. The van der Waals surface area contributed by atoms with Crippen LogP contribution in [0.4, 0.5) is 15.9 Å². The van der Waals surface area contributed by atoms with Crippen molar-refractivity contribution in [2.45, 2.75) is 60.0 Å². The molecule has 4 heterocycles. The van der Waals surface area contributed by atoms with Crippen LogP contribution in [0.5, 0.6) is 0 Å². The Kier molecular flexibility index (Phi) is 6.86. The lowest BCUT2D eigenvalue weighted by atomic mass is 10.1. The summed E-state index contributed by atoms with van der Waals surface area (Å²) < 4.78 is 15.5. The van der Waals surface area contributed by atoms with Crippen LogP contribution in [-0.2, 0) is 24.2 Å². The molecular weight excluding hydrogens is 409 g/mol. The van der Waals surface area contributed by atoms with Gasteiger partial charge in [-0.2, -0.15) is 5.10 Å². The van der Waals surface area contributed by atoms with Gasteiger partial charge in [-0.25, -0.2) is 14.4 Å². The predicted molar refractivity (Wildman–Crippen MR) is 122 cm³/mol. The Hall–Kier alpha value is -3.36. The second kappa shape index (κ2) is 9.42. The molecule has 9 heteroatoms. The minimum Gasteiger partial charge on any atom is -0.346 e. The standard InChI is InChI=1S/C22H26FN7O.CH4/c1-5-18-22(31)28-20-14(3)26-19(27-21(20)29(18)4)7-6-15-10-25-30(11-15)12-16-8-17(23)13(2)24-9-16;/h8-11,18H,5-7,12H2,1-4H3,(H,28,31);1H4/t18-;/m0./s1. The number of nitrogens with one attached hydrogen (secondary N) is 1. The molecule has 0 bridgehead atoms. The smallest absolute Gasteiger partial charge is 0.247 e. The fourth-order valence-corrected chi connectivity index (χ4v) is 3.81. The molecule has 0 fully saturated rings. The number of nitrogens with zero attached hydrogens (tertiary/aromatic N) is 6. The summed E-state index contributed by atoms with van der Waals surface area (Å²) in [5, 5.41) is 7.32. The van der Waals surface area contributed by atoms with E-state index in [0.29, 0.717) is 30.8 Å². The molecule has 0 aromatic carbocycles. The quantitative estimate of drug-likeness (QED) is 0.633. The lowest BCUT2D eigenvalue weighted by molar-refractivity contribution is -0.117. The minimum atomic E-state index is -0.309. The number of hydrogen-bond donors (Lipinski definition) is 1. The van der Waals surface area contributed by atoms with Crippen molar-refractivity contribution in [2.24, 2.45) is 0 Å². The molecule has 4 rings (SSSR count). The van der Waals surface area contributed by atoms with Gasteiger partial charge in [-0.15, -0.1) is 0 Å². The van der Waals surface area contributed by atoms with E-state index in [4.69, 9.17) is 4.98 Å². The first-order valence-corrected chi connectivity index (χ1v) is 10.4. The third-order valence-corrected chi connectivity index (χ3v) is 5.61. The zero-order valence-corrected chi connectivity index (χ0v) is 18.2. The van der Waals surface area contributed by atoms with Crippen LogP contribution in [0.15, 0.2) is 24.7 Å². The Balaban J connectivity index is 0.00000289. The summed E-state index contributed by atoms with van der Waals surface area (Å²) in [5.41, 5.74) is 3.65. The number of carbonyl (C=O) groups is 1. The van der Waals surface area contributed by atoms with Gasteiger partial charge in [0.05, 0.1) is 24.1 Å². The van der Waals surface area contributed by atoms with Gasteiger partial charge in [0.15, 0.2) is 5.82 Å². The summed E-state index contributed by atoms with van der Waals surface area (Å²) in [5.74, 6) is 1.16. The lowest BCUT2D eigenvalue weighted by Gasteiger charge is -2.34. The number of rotatable bonds is 6. The summed E-state index contributed by atoms with van der Waals surface area (Å²) in [6.45, 7) is 5.97. The second-order valence-corrected chi connectivity index (χ2v) is 7.91. The normalized spacial score (nSPS) is 15.2. The number of fused-ring (bicyclic) bond motifs is 1. The highest BCUT2D eigenvalue weighted by atomic mass is 19.1. The number of aryl methyl sites for hydroxylation is 4. The van der Waals surface area contributed by atoms with Gasteiger partial charge in [0.1, 0.15) is 23.4 Å². The molecule has 1 aliphatic heterocycles. The lowest BCUT2D eigenvalue weighted by Crippen LogP contribution is -2.46. The maximum atomic E-state index is 13.7. The molecule has 1 atom stereocenters. The minimum absolute atomic E-state index is 0. The first-order valence-electron chi connectivity index (χ1n) is 10.4. The molecule has 1 amide bonds. The van der Waals surface area contributed by atoms with Gasteiger partial charge in [0, 0.05) is 25.9 Å². The number of amides is 1. The number of carbonyl (C=O) groups excluding carboxylic acids is 1. The monoisotopic (exact) mass is 439 g/mol. The van der Waals surface area contributed by atoms with Crippen molar-refractivity contribution in [3.63, 3.8) is 0 Å². The fraction of sp³-hybridized carbons (Fsp3) is 0.435. The third kappa shape index (κ3) is 4.61. The Morgan fingerprint density at radius 2 is 1.91 bits per heavy atom. The predicted octanol–water partition coefficient (Wildman–Crippen LogP) is 3.46. The number of hydrogen-bond acceptors (Lipinski definition) is 6. The number of halogens is 1. The van der Waals surface area contributed by atoms with Crippen LogP contribution in [0.25, 0.3) is 0 Å². The average molecular weight is 440 g/mol. The zero-order valence-electron chi connectivity index (χ0n) is 18.2. The summed E-state index contributed by atoms with van der Waals surface area (Å²) >= 11 is 0. The molecule has 3 aromatic heterocycles. The van der Waals surface area contributed by atoms with Gasteiger partial charge in [-0.05, 0) is 43.9 Å². The number of pyridine rings is 1. The van der Waals surface area contributed by atoms with Gasteiger partial charge in [-0.1, -0.05) is 14.4 Å². The van der Waals surface area contributed by atoms with Crippen molar-refractivity contribution in [3.05, 3.63) is 58.8 Å². The molecule has 0 saturated heterocycles. The molecule has 8 nitrogen and oxygen atoms in total. The van der Waals surface area contributed by atoms with Crippen LogP contribution < -0.4 is 10.2 Å². The van der Waals surface area contributed by atoms with E-state index in [0.717, 1.165) is 34.9 Å². The van der Waals surface area contributed by atoms with Gasteiger partial charge >= 0.3 is 0 Å². The van der Waals surface area contributed by atoms with Crippen molar-refractivity contribution < 1.29 is 9.18 Å². The van der Waals surface area contributed by atoms with E-state index in [2.05, 4.69) is 20.4 Å². The van der Waals surface area contributed by atoms with Crippen molar-refractivity contribution >= 4 is 17.4 Å².